The van der Waals surface area contributed by atoms with Crippen molar-refractivity contribution >= 4 is 22.9 Å². The molecule has 0 radical (unpaired) electrons. The van der Waals surface area contributed by atoms with E-state index in [1.165, 1.54) is 11.3 Å². The molecule has 3 aromatic carbocycles. The number of hydrogen-bond acceptors (Lipinski definition) is 4. The molecule has 1 aliphatic heterocycles. The van der Waals surface area contributed by atoms with Gasteiger partial charge in [0, 0.05) is 37.4 Å². The van der Waals surface area contributed by atoms with Crippen LogP contribution in [-0.4, -0.2) is 43.2 Å². The molecule has 0 atom stereocenters. The smallest absolute Gasteiger partial charge is 0.120 e. The number of thiocarbonyl (C=S) groups is 1. The first-order chi connectivity index (χ1) is 15.1. The Morgan fingerprint density at radius 3 is 2.26 bits per heavy atom. The van der Waals surface area contributed by atoms with E-state index in [9.17, 15) is 0 Å². The maximum atomic E-state index is 6.01. The van der Waals surface area contributed by atoms with Gasteiger partial charge in [-0.25, -0.2) is 0 Å². The van der Waals surface area contributed by atoms with Crippen molar-refractivity contribution in [1.29, 1.82) is 0 Å². The maximum Gasteiger partial charge on any atom is 0.120 e. The van der Waals surface area contributed by atoms with E-state index >= 15 is 0 Å². The predicted octanol–water partition coefficient (Wildman–Crippen LogP) is 5.08. The Labute approximate surface area is 190 Å². The Hall–Kier alpha value is -3.05. The van der Waals surface area contributed by atoms with Gasteiger partial charge < -0.3 is 19.3 Å². The minimum atomic E-state index is 0.553. The van der Waals surface area contributed by atoms with E-state index in [0.29, 0.717) is 6.61 Å². The second-order valence-corrected chi connectivity index (χ2v) is 8.17. The Bertz CT molecular complexity index is 1010. The second kappa shape index (κ2) is 9.84. The number of ether oxygens (including phenoxy) is 2. The summed E-state index contributed by atoms with van der Waals surface area (Å²) in [6.45, 7) is 6.33. The molecular formula is C26H28N2O2S. The lowest BCUT2D eigenvalue weighted by molar-refractivity contribution is 0.306. The first-order valence-corrected chi connectivity index (χ1v) is 11.0. The molecule has 1 heterocycles. The van der Waals surface area contributed by atoms with E-state index in [0.717, 1.165) is 53.8 Å². The van der Waals surface area contributed by atoms with Crippen LogP contribution in [0.25, 0.3) is 0 Å². The first-order valence-electron chi connectivity index (χ1n) is 10.6. The van der Waals surface area contributed by atoms with Crippen LogP contribution >= 0.6 is 12.2 Å². The van der Waals surface area contributed by atoms with Crippen molar-refractivity contribution in [3.8, 4) is 11.5 Å². The minimum absolute atomic E-state index is 0.553. The third-order valence-corrected chi connectivity index (χ3v) is 6.11. The summed E-state index contributed by atoms with van der Waals surface area (Å²) in [5.74, 6) is 1.73. The molecule has 0 aliphatic carbocycles. The zero-order valence-corrected chi connectivity index (χ0v) is 18.9. The van der Waals surface area contributed by atoms with Crippen molar-refractivity contribution in [2.75, 3.05) is 38.2 Å². The summed E-state index contributed by atoms with van der Waals surface area (Å²) in [4.78, 5) is 5.56. The van der Waals surface area contributed by atoms with Crippen molar-refractivity contribution in [3.63, 3.8) is 0 Å². The molecule has 0 amide bonds. The highest BCUT2D eigenvalue weighted by molar-refractivity contribution is 7.80. The molecule has 1 saturated heterocycles. The number of methoxy groups -OCH3 is 1. The van der Waals surface area contributed by atoms with Crippen LogP contribution in [-0.2, 0) is 6.61 Å². The van der Waals surface area contributed by atoms with Crippen molar-refractivity contribution in [3.05, 3.63) is 89.5 Å². The van der Waals surface area contributed by atoms with Gasteiger partial charge in [0.25, 0.3) is 0 Å². The van der Waals surface area contributed by atoms with Gasteiger partial charge in [-0.15, -0.1) is 0 Å². The van der Waals surface area contributed by atoms with Gasteiger partial charge in [0.2, 0.25) is 0 Å². The summed E-state index contributed by atoms with van der Waals surface area (Å²) >= 11 is 5.82. The molecular weight excluding hydrogens is 404 g/mol. The quantitative estimate of drug-likeness (QED) is 0.506. The average Bonchev–Trinajstić information content (AvgIpc) is 2.83. The third kappa shape index (κ3) is 5.36. The molecule has 1 aliphatic rings. The Balaban J connectivity index is 1.34. The fourth-order valence-corrected chi connectivity index (χ4v) is 4.02. The molecule has 160 valence electrons. The number of nitrogens with zero attached hydrogens (tertiary/aromatic N) is 2. The molecule has 0 spiro atoms. The van der Waals surface area contributed by atoms with Gasteiger partial charge in [-0.05, 0) is 48.9 Å². The van der Waals surface area contributed by atoms with Crippen LogP contribution in [0.5, 0.6) is 11.5 Å². The van der Waals surface area contributed by atoms with E-state index in [1.54, 1.807) is 7.11 Å². The standard InChI is InChI=1S/C26H28N2O2S/c1-20-6-8-21(9-7-20)19-30-25-5-3-4-22(18-25)26(31)28-16-14-27(15-17-28)23-10-12-24(29-2)13-11-23/h3-13,18H,14-17,19H2,1-2H3. The summed E-state index contributed by atoms with van der Waals surface area (Å²) in [5.41, 5.74) is 4.67. The van der Waals surface area contributed by atoms with E-state index in [1.807, 2.05) is 30.3 Å². The highest BCUT2D eigenvalue weighted by Gasteiger charge is 2.20. The summed E-state index contributed by atoms with van der Waals surface area (Å²) < 4.78 is 11.3. The Morgan fingerprint density at radius 1 is 0.871 bits per heavy atom. The minimum Gasteiger partial charge on any atom is -0.497 e. The van der Waals surface area contributed by atoms with Crippen LogP contribution < -0.4 is 14.4 Å². The maximum absolute atomic E-state index is 6.01. The number of rotatable bonds is 6. The largest absolute Gasteiger partial charge is 0.497 e. The first kappa shape index (κ1) is 21.2. The Morgan fingerprint density at radius 2 is 1.58 bits per heavy atom. The van der Waals surface area contributed by atoms with E-state index in [-0.39, 0.29) is 0 Å². The molecule has 0 N–H and O–H groups in total. The lowest BCUT2D eigenvalue weighted by Gasteiger charge is -2.37. The highest BCUT2D eigenvalue weighted by atomic mass is 32.1. The van der Waals surface area contributed by atoms with Crippen molar-refractivity contribution < 1.29 is 9.47 Å². The van der Waals surface area contributed by atoms with E-state index in [4.69, 9.17) is 21.7 Å². The van der Waals surface area contributed by atoms with Crippen LogP contribution in [0.3, 0.4) is 0 Å². The van der Waals surface area contributed by atoms with Crippen LogP contribution in [0.15, 0.2) is 72.8 Å². The van der Waals surface area contributed by atoms with Crippen molar-refractivity contribution in [2.24, 2.45) is 0 Å². The predicted molar refractivity (Wildman–Crippen MR) is 130 cm³/mol. The van der Waals surface area contributed by atoms with Gasteiger partial charge >= 0.3 is 0 Å². The van der Waals surface area contributed by atoms with Crippen molar-refractivity contribution in [1.82, 2.24) is 4.90 Å². The van der Waals surface area contributed by atoms with Gasteiger partial charge in [0.15, 0.2) is 0 Å². The summed E-state index contributed by atoms with van der Waals surface area (Å²) in [7, 11) is 1.69. The molecule has 1 fully saturated rings. The fourth-order valence-electron chi connectivity index (χ4n) is 3.71. The lowest BCUT2D eigenvalue weighted by atomic mass is 10.1. The van der Waals surface area contributed by atoms with Gasteiger partial charge in [0.05, 0.1) is 7.11 Å². The lowest BCUT2D eigenvalue weighted by Crippen LogP contribution is -2.48. The number of aryl methyl sites for hydroxylation is 1. The molecule has 0 unspecified atom stereocenters. The molecule has 0 bridgehead atoms. The summed E-state index contributed by atoms with van der Waals surface area (Å²) in [6, 6.07) is 24.8. The van der Waals surface area contributed by atoms with E-state index < -0.39 is 0 Å². The topological polar surface area (TPSA) is 24.9 Å². The molecule has 0 saturated carbocycles. The fraction of sp³-hybridized carbons (Fsp3) is 0.269. The molecule has 31 heavy (non-hydrogen) atoms. The third-order valence-electron chi connectivity index (χ3n) is 5.61. The van der Waals surface area contributed by atoms with Crippen LogP contribution in [0.2, 0.25) is 0 Å². The van der Waals surface area contributed by atoms with Crippen LogP contribution in [0.4, 0.5) is 5.69 Å². The monoisotopic (exact) mass is 432 g/mol. The summed E-state index contributed by atoms with van der Waals surface area (Å²) in [6.07, 6.45) is 0. The van der Waals surface area contributed by atoms with Gasteiger partial charge in [0.1, 0.15) is 23.1 Å². The zero-order chi connectivity index (χ0) is 21.6. The average molecular weight is 433 g/mol. The SMILES string of the molecule is COc1ccc(N2CCN(C(=S)c3cccc(OCc4ccc(C)cc4)c3)CC2)cc1. The molecule has 5 heteroatoms. The normalized spacial score (nSPS) is 13.7. The zero-order valence-electron chi connectivity index (χ0n) is 18.1. The molecule has 3 aromatic rings. The number of hydrogen-bond donors (Lipinski definition) is 0. The number of anilines is 1. The highest BCUT2D eigenvalue weighted by Crippen LogP contribution is 2.22. The summed E-state index contributed by atoms with van der Waals surface area (Å²) in [5, 5.41) is 0. The molecule has 4 rings (SSSR count). The van der Waals surface area contributed by atoms with Crippen LogP contribution in [0.1, 0.15) is 16.7 Å². The number of piperazine rings is 1. The molecule has 0 aromatic heterocycles. The second-order valence-electron chi connectivity index (χ2n) is 7.78. The van der Waals surface area contributed by atoms with Gasteiger partial charge in [-0.3, -0.25) is 0 Å². The van der Waals surface area contributed by atoms with Crippen LogP contribution in [0, 0.1) is 6.92 Å². The van der Waals surface area contributed by atoms with E-state index in [2.05, 4.69) is 59.2 Å². The molecule has 4 nitrogen and oxygen atoms in total. The van der Waals surface area contributed by atoms with Gasteiger partial charge in [-0.1, -0.05) is 54.2 Å². The Kier molecular flexibility index (Phi) is 6.73. The number of benzene rings is 3. The van der Waals surface area contributed by atoms with Gasteiger partial charge in [-0.2, -0.15) is 0 Å². The van der Waals surface area contributed by atoms with Crippen molar-refractivity contribution in [2.45, 2.75) is 13.5 Å².